The van der Waals surface area contributed by atoms with Gasteiger partial charge in [-0.05, 0) is 6.92 Å². The van der Waals surface area contributed by atoms with Gasteiger partial charge in [0.2, 0.25) is 0 Å². The SMILES string of the molecule is CC=O.O.O=S(=O)(O)O. The normalized spacial score (nSPS) is 7.89. The van der Waals surface area contributed by atoms with Gasteiger partial charge in [-0.3, -0.25) is 9.11 Å². The van der Waals surface area contributed by atoms with Gasteiger partial charge < -0.3 is 10.3 Å². The van der Waals surface area contributed by atoms with Crippen LogP contribution >= 0.6 is 0 Å². The van der Waals surface area contributed by atoms with Crippen molar-refractivity contribution in [3.8, 4) is 0 Å². The summed E-state index contributed by atoms with van der Waals surface area (Å²) in [5.74, 6) is 0. The summed E-state index contributed by atoms with van der Waals surface area (Å²) >= 11 is 0. The summed E-state index contributed by atoms with van der Waals surface area (Å²) in [5, 5.41) is 0. The first kappa shape index (κ1) is 15.8. The number of hydrogen-bond donors (Lipinski definition) is 2. The fourth-order valence-corrected chi connectivity index (χ4v) is 0. The van der Waals surface area contributed by atoms with E-state index >= 15 is 0 Å². The van der Waals surface area contributed by atoms with Gasteiger partial charge in [0.25, 0.3) is 0 Å². The van der Waals surface area contributed by atoms with Crippen LogP contribution in [0.2, 0.25) is 0 Å². The number of aldehydes is 1. The summed E-state index contributed by atoms with van der Waals surface area (Å²) in [7, 11) is -4.67. The van der Waals surface area contributed by atoms with Crippen molar-refractivity contribution in [3.63, 3.8) is 0 Å². The summed E-state index contributed by atoms with van der Waals surface area (Å²) in [6.45, 7) is 1.44. The average Bonchev–Trinajstić information content (AvgIpc) is 1.27. The summed E-state index contributed by atoms with van der Waals surface area (Å²) in [4.78, 5) is 8.81. The Morgan fingerprint density at radius 3 is 1.33 bits per heavy atom. The standard InChI is InChI=1S/C2H4O.H2O4S.H2O/c1-2-3;1-5(2,3)4;/h2H,1H3;(H2,1,2,3,4);1H2. The Balaban J connectivity index is -0.0000000800. The largest absolute Gasteiger partial charge is 0.412 e. The Hall–Kier alpha value is -0.500. The van der Waals surface area contributed by atoms with Crippen molar-refractivity contribution in [1.82, 2.24) is 0 Å². The smallest absolute Gasteiger partial charge is 0.394 e. The topological polar surface area (TPSA) is 123 Å². The van der Waals surface area contributed by atoms with Crippen LogP contribution in [-0.2, 0) is 15.2 Å². The number of hydrogen-bond acceptors (Lipinski definition) is 3. The van der Waals surface area contributed by atoms with Crippen LogP contribution in [0.15, 0.2) is 0 Å². The third-order valence-electron chi connectivity index (χ3n) is 0. The van der Waals surface area contributed by atoms with Gasteiger partial charge >= 0.3 is 10.4 Å². The molecule has 0 radical (unpaired) electrons. The van der Waals surface area contributed by atoms with E-state index in [0.29, 0.717) is 0 Å². The average molecular weight is 160 g/mol. The second kappa shape index (κ2) is 7.50. The van der Waals surface area contributed by atoms with E-state index in [1.165, 1.54) is 6.92 Å². The first-order valence-electron chi connectivity index (χ1n) is 1.51. The maximum atomic E-state index is 8.81. The highest BCUT2D eigenvalue weighted by molar-refractivity contribution is 7.79. The Morgan fingerprint density at radius 2 is 1.33 bits per heavy atom. The molecular formula is C2H8O6S. The van der Waals surface area contributed by atoms with Crippen LogP contribution < -0.4 is 0 Å². The zero-order valence-electron chi connectivity index (χ0n) is 4.60. The molecule has 9 heavy (non-hydrogen) atoms. The van der Waals surface area contributed by atoms with Gasteiger partial charge in [0, 0.05) is 0 Å². The molecule has 0 rings (SSSR count). The third kappa shape index (κ3) is 907. The van der Waals surface area contributed by atoms with E-state index in [-0.39, 0.29) is 5.48 Å². The maximum Gasteiger partial charge on any atom is 0.394 e. The molecule has 0 heterocycles. The maximum absolute atomic E-state index is 8.81. The van der Waals surface area contributed by atoms with Crippen molar-refractivity contribution in [3.05, 3.63) is 0 Å². The minimum atomic E-state index is -4.67. The van der Waals surface area contributed by atoms with Crippen LogP contribution in [0, 0.1) is 0 Å². The molecule has 0 aromatic heterocycles. The quantitative estimate of drug-likeness (QED) is 0.337. The van der Waals surface area contributed by atoms with Crippen molar-refractivity contribution < 1.29 is 27.8 Å². The molecule has 0 aliphatic carbocycles. The van der Waals surface area contributed by atoms with Crippen molar-refractivity contribution >= 4 is 16.7 Å². The van der Waals surface area contributed by atoms with Crippen LogP contribution in [0.3, 0.4) is 0 Å². The van der Waals surface area contributed by atoms with Crippen molar-refractivity contribution in [2.24, 2.45) is 0 Å². The van der Waals surface area contributed by atoms with E-state index in [0.717, 1.165) is 6.29 Å². The summed E-state index contributed by atoms with van der Waals surface area (Å²) in [5.41, 5.74) is 0. The molecule has 0 unspecified atom stereocenters. The van der Waals surface area contributed by atoms with Crippen molar-refractivity contribution in [2.75, 3.05) is 0 Å². The van der Waals surface area contributed by atoms with Gasteiger partial charge in [0.15, 0.2) is 0 Å². The molecule has 0 fully saturated rings. The lowest BCUT2D eigenvalue weighted by Gasteiger charge is -1.68. The van der Waals surface area contributed by atoms with E-state index in [9.17, 15) is 0 Å². The van der Waals surface area contributed by atoms with Crippen LogP contribution in [0.1, 0.15) is 6.92 Å². The predicted molar refractivity (Wildman–Crippen MR) is 29.5 cm³/mol. The van der Waals surface area contributed by atoms with E-state index < -0.39 is 10.4 Å². The lowest BCUT2D eigenvalue weighted by molar-refractivity contribution is -0.106. The highest BCUT2D eigenvalue weighted by atomic mass is 32.3. The molecule has 6 nitrogen and oxygen atoms in total. The molecule has 0 aliphatic heterocycles. The monoisotopic (exact) mass is 160 g/mol. The van der Waals surface area contributed by atoms with Crippen LogP contribution in [0.5, 0.6) is 0 Å². The highest BCUT2D eigenvalue weighted by Crippen LogP contribution is 1.59. The second-order valence-electron chi connectivity index (χ2n) is 0.684. The molecule has 0 aliphatic rings. The summed E-state index contributed by atoms with van der Waals surface area (Å²) in [6, 6.07) is 0. The molecule has 4 N–H and O–H groups in total. The highest BCUT2D eigenvalue weighted by Gasteiger charge is 1.84. The molecule has 7 heteroatoms. The van der Waals surface area contributed by atoms with Gasteiger partial charge in [0.05, 0.1) is 0 Å². The third-order valence-corrected chi connectivity index (χ3v) is 0. The Kier molecular flexibility index (Phi) is 13.2. The lowest BCUT2D eigenvalue weighted by Crippen LogP contribution is -1.89. The Morgan fingerprint density at radius 1 is 1.33 bits per heavy atom. The summed E-state index contributed by atoms with van der Waals surface area (Å²) < 4.78 is 31.6. The van der Waals surface area contributed by atoms with Gasteiger partial charge in [0.1, 0.15) is 6.29 Å². The molecular weight excluding hydrogens is 152 g/mol. The molecule has 0 atom stereocenters. The minimum absolute atomic E-state index is 0. The predicted octanol–water partition coefficient (Wildman–Crippen LogP) is -1.27. The number of rotatable bonds is 0. The second-order valence-corrected chi connectivity index (χ2v) is 1.58. The minimum Gasteiger partial charge on any atom is -0.412 e. The number of carbonyl (C=O) groups excluding carboxylic acids is 1. The molecule has 0 amide bonds. The molecule has 0 aromatic rings. The van der Waals surface area contributed by atoms with E-state index in [1.807, 2.05) is 0 Å². The molecule has 0 aromatic carbocycles. The molecule has 58 valence electrons. The van der Waals surface area contributed by atoms with Gasteiger partial charge in [-0.2, -0.15) is 8.42 Å². The summed E-state index contributed by atoms with van der Waals surface area (Å²) in [6.07, 6.45) is 0.750. The van der Waals surface area contributed by atoms with Gasteiger partial charge in [-0.15, -0.1) is 0 Å². The van der Waals surface area contributed by atoms with Crippen molar-refractivity contribution in [1.29, 1.82) is 0 Å². The Bertz CT molecular complexity index is 125. The number of carbonyl (C=O) groups is 1. The van der Waals surface area contributed by atoms with E-state index in [4.69, 9.17) is 22.3 Å². The molecule has 0 saturated heterocycles. The molecule has 0 saturated carbocycles. The van der Waals surface area contributed by atoms with Crippen LogP contribution in [0.25, 0.3) is 0 Å². The van der Waals surface area contributed by atoms with Gasteiger partial charge in [-0.25, -0.2) is 0 Å². The van der Waals surface area contributed by atoms with Crippen LogP contribution in [0.4, 0.5) is 0 Å². The lowest BCUT2D eigenvalue weighted by atomic mass is 11.0. The fourth-order valence-electron chi connectivity index (χ4n) is 0. The van der Waals surface area contributed by atoms with Gasteiger partial charge in [-0.1, -0.05) is 0 Å². The zero-order chi connectivity index (χ0) is 7.21. The first-order valence-corrected chi connectivity index (χ1v) is 2.91. The van der Waals surface area contributed by atoms with Crippen molar-refractivity contribution in [2.45, 2.75) is 6.92 Å². The van der Waals surface area contributed by atoms with Crippen LogP contribution in [-0.4, -0.2) is 29.3 Å². The molecule has 0 bridgehead atoms. The first-order chi connectivity index (χ1) is 3.41. The zero-order valence-corrected chi connectivity index (χ0v) is 5.42. The fraction of sp³-hybridized carbons (Fsp3) is 0.500. The molecule has 0 spiro atoms. The van der Waals surface area contributed by atoms with E-state index in [2.05, 4.69) is 0 Å². The Labute approximate surface area is 52.4 Å². The van der Waals surface area contributed by atoms with E-state index in [1.54, 1.807) is 0 Å².